The molecule has 16 heavy (non-hydrogen) atoms. The van der Waals surface area contributed by atoms with Gasteiger partial charge in [0.1, 0.15) is 0 Å². The van der Waals surface area contributed by atoms with Crippen LogP contribution in [0.3, 0.4) is 0 Å². The lowest BCUT2D eigenvalue weighted by atomic mass is 10.00. The standard InChI is InChI=1S/C12H27N3O/c1-12(2,13)8-7-11(16)14-9-5-6-10-15(3)4/h5-10,13H2,1-4H3,(H,14,16). The predicted molar refractivity (Wildman–Crippen MR) is 68.3 cm³/mol. The lowest BCUT2D eigenvalue weighted by molar-refractivity contribution is -0.121. The highest BCUT2D eigenvalue weighted by atomic mass is 16.1. The Labute approximate surface area is 99.6 Å². The summed E-state index contributed by atoms with van der Waals surface area (Å²) in [5.74, 6) is 0.114. The number of amides is 1. The van der Waals surface area contributed by atoms with Crippen LogP contribution in [0.1, 0.15) is 39.5 Å². The number of carbonyl (C=O) groups excluding carboxylic acids is 1. The second-order valence-electron chi connectivity index (χ2n) is 5.35. The Morgan fingerprint density at radius 2 is 1.94 bits per heavy atom. The van der Waals surface area contributed by atoms with Crippen molar-refractivity contribution in [2.75, 3.05) is 27.2 Å². The molecular formula is C12H27N3O. The van der Waals surface area contributed by atoms with Gasteiger partial charge >= 0.3 is 0 Å². The first-order valence-corrected chi connectivity index (χ1v) is 6.01. The van der Waals surface area contributed by atoms with Gasteiger partial charge in [-0.3, -0.25) is 4.79 Å². The molecule has 0 heterocycles. The molecule has 3 N–H and O–H groups in total. The first-order valence-electron chi connectivity index (χ1n) is 6.01. The zero-order valence-corrected chi connectivity index (χ0v) is 11.2. The molecule has 4 heteroatoms. The molecular weight excluding hydrogens is 202 g/mol. The number of hydrogen-bond donors (Lipinski definition) is 2. The van der Waals surface area contributed by atoms with E-state index in [9.17, 15) is 4.79 Å². The number of nitrogens with zero attached hydrogens (tertiary/aromatic N) is 1. The lowest BCUT2D eigenvalue weighted by Gasteiger charge is -2.17. The van der Waals surface area contributed by atoms with Crippen molar-refractivity contribution in [3.8, 4) is 0 Å². The Balaban J connectivity index is 3.38. The SMILES string of the molecule is CN(C)CCCCNC(=O)CCC(C)(C)N. The van der Waals surface area contributed by atoms with E-state index in [4.69, 9.17) is 5.73 Å². The van der Waals surface area contributed by atoms with Gasteiger partial charge in [0.2, 0.25) is 5.91 Å². The van der Waals surface area contributed by atoms with E-state index in [0.29, 0.717) is 6.42 Å². The Morgan fingerprint density at radius 1 is 1.31 bits per heavy atom. The molecule has 0 aromatic heterocycles. The fourth-order valence-electron chi connectivity index (χ4n) is 1.30. The van der Waals surface area contributed by atoms with Gasteiger partial charge in [-0.25, -0.2) is 0 Å². The third-order valence-electron chi connectivity index (χ3n) is 2.35. The molecule has 0 aromatic carbocycles. The Kier molecular flexibility index (Phi) is 7.34. The summed E-state index contributed by atoms with van der Waals surface area (Å²) in [6.07, 6.45) is 3.42. The summed E-state index contributed by atoms with van der Waals surface area (Å²) in [6.45, 7) is 5.73. The maximum absolute atomic E-state index is 11.4. The molecule has 0 radical (unpaired) electrons. The highest BCUT2D eigenvalue weighted by Gasteiger charge is 2.12. The van der Waals surface area contributed by atoms with Crippen LogP contribution in [0.5, 0.6) is 0 Å². The Morgan fingerprint density at radius 3 is 2.44 bits per heavy atom. The third kappa shape index (κ3) is 11.5. The van der Waals surface area contributed by atoms with Crippen molar-refractivity contribution in [1.82, 2.24) is 10.2 Å². The van der Waals surface area contributed by atoms with Crippen molar-refractivity contribution < 1.29 is 4.79 Å². The summed E-state index contributed by atoms with van der Waals surface area (Å²) in [4.78, 5) is 13.6. The maximum Gasteiger partial charge on any atom is 0.220 e. The number of nitrogens with one attached hydrogen (secondary N) is 1. The van der Waals surface area contributed by atoms with Crippen LogP contribution in [0.25, 0.3) is 0 Å². The van der Waals surface area contributed by atoms with Gasteiger partial charge in [0.05, 0.1) is 0 Å². The zero-order chi connectivity index (χ0) is 12.6. The van der Waals surface area contributed by atoms with Gasteiger partial charge in [-0.1, -0.05) is 0 Å². The molecule has 0 bridgehead atoms. The quantitative estimate of drug-likeness (QED) is 0.610. The molecule has 0 unspecified atom stereocenters. The molecule has 0 fully saturated rings. The molecule has 0 saturated carbocycles. The van der Waals surface area contributed by atoms with E-state index < -0.39 is 0 Å². The van der Waals surface area contributed by atoms with Crippen LogP contribution in [-0.2, 0) is 4.79 Å². The lowest BCUT2D eigenvalue weighted by Crippen LogP contribution is -2.34. The van der Waals surface area contributed by atoms with Crippen LogP contribution in [0, 0.1) is 0 Å². The van der Waals surface area contributed by atoms with Crippen molar-refractivity contribution in [3.05, 3.63) is 0 Å². The second kappa shape index (κ2) is 7.63. The largest absolute Gasteiger partial charge is 0.356 e. The van der Waals surface area contributed by atoms with Gasteiger partial charge in [-0.05, 0) is 53.8 Å². The minimum Gasteiger partial charge on any atom is -0.356 e. The monoisotopic (exact) mass is 229 g/mol. The first-order chi connectivity index (χ1) is 7.31. The van der Waals surface area contributed by atoms with Crippen LogP contribution in [0.15, 0.2) is 0 Å². The van der Waals surface area contributed by atoms with E-state index in [0.717, 1.165) is 32.4 Å². The summed E-state index contributed by atoms with van der Waals surface area (Å²) < 4.78 is 0. The van der Waals surface area contributed by atoms with Gasteiger partial charge in [0, 0.05) is 18.5 Å². The van der Waals surface area contributed by atoms with Crippen molar-refractivity contribution in [2.24, 2.45) is 5.73 Å². The smallest absolute Gasteiger partial charge is 0.220 e. The summed E-state index contributed by atoms with van der Waals surface area (Å²) in [5.41, 5.74) is 5.56. The van der Waals surface area contributed by atoms with Crippen molar-refractivity contribution in [1.29, 1.82) is 0 Å². The van der Waals surface area contributed by atoms with Gasteiger partial charge < -0.3 is 16.0 Å². The summed E-state index contributed by atoms with van der Waals surface area (Å²) in [7, 11) is 4.11. The van der Waals surface area contributed by atoms with E-state index in [1.54, 1.807) is 0 Å². The third-order valence-corrected chi connectivity index (χ3v) is 2.35. The van der Waals surface area contributed by atoms with Crippen molar-refractivity contribution in [3.63, 3.8) is 0 Å². The van der Waals surface area contributed by atoms with Crippen LogP contribution in [0.2, 0.25) is 0 Å². The minimum absolute atomic E-state index is 0.114. The first kappa shape index (κ1) is 15.4. The number of rotatable bonds is 8. The Bertz CT molecular complexity index is 197. The fourth-order valence-corrected chi connectivity index (χ4v) is 1.30. The van der Waals surface area contributed by atoms with E-state index in [1.165, 1.54) is 0 Å². The van der Waals surface area contributed by atoms with E-state index in [1.807, 2.05) is 13.8 Å². The van der Waals surface area contributed by atoms with Gasteiger partial charge in [-0.2, -0.15) is 0 Å². The molecule has 0 rings (SSSR count). The zero-order valence-electron chi connectivity index (χ0n) is 11.2. The predicted octanol–water partition coefficient (Wildman–Crippen LogP) is 0.962. The van der Waals surface area contributed by atoms with Crippen LogP contribution in [0.4, 0.5) is 0 Å². The van der Waals surface area contributed by atoms with Gasteiger partial charge in [0.15, 0.2) is 0 Å². The second-order valence-corrected chi connectivity index (χ2v) is 5.35. The van der Waals surface area contributed by atoms with Crippen molar-refractivity contribution >= 4 is 5.91 Å². The van der Waals surface area contributed by atoms with Crippen LogP contribution in [-0.4, -0.2) is 43.5 Å². The Hall–Kier alpha value is -0.610. The number of carbonyl (C=O) groups is 1. The molecule has 4 nitrogen and oxygen atoms in total. The number of hydrogen-bond acceptors (Lipinski definition) is 3. The van der Waals surface area contributed by atoms with Crippen LogP contribution < -0.4 is 11.1 Å². The molecule has 0 aliphatic heterocycles. The highest BCUT2D eigenvalue weighted by molar-refractivity contribution is 5.75. The average molecular weight is 229 g/mol. The molecule has 0 spiro atoms. The molecule has 96 valence electrons. The summed E-state index contributed by atoms with van der Waals surface area (Å²) in [5, 5.41) is 2.92. The van der Waals surface area contributed by atoms with E-state index in [-0.39, 0.29) is 11.4 Å². The maximum atomic E-state index is 11.4. The summed E-state index contributed by atoms with van der Waals surface area (Å²) in [6, 6.07) is 0. The van der Waals surface area contributed by atoms with E-state index in [2.05, 4.69) is 24.3 Å². The number of unbranched alkanes of at least 4 members (excludes halogenated alkanes) is 1. The molecule has 0 saturated heterocycles. The summed E-state index contributed by atoms with van der Waals surface area (Å²) >= 11 is 0. The molecule has 0 aliphatic carbocycles. The fraction of sp³-hybridized carbons (Fsp3) is 0.917. The van der Waals surface area contributed by atoms with Gasteiger partial charge in [0.25, 0.3) is 0 Å². The topological polar surface area (TPSA) is 58.4 Å². The molecule has 1 amide bonds. The molecule has 0 atom stereocenters. The molecule has 0 aliphatic rings. The highest BCUT2D eigenvalue weighted by Crippen LogP contribution is 2.06. The number of nitrogens with two attached hydrogens (primary N) is 1. The van der Waals surface area contributed by atoms with Gasteiger partial charge in [-0.15, -0.1) is 0 Å². The molecule has 0 aromatic rings. The average Bonchev–Trinajstić information content (AvgIpc) is 2.12. The normalized spacial score (nSPS) is 11.9. The minimum atomic E-state index is -0.248. The van der Waals surface area contributed by atoms with Crippen LogP contribution >= 0.6 is 0 Å². The van der Waals surface area contributed by atoms with Crippen molar-refractivity contribution in [2.45, 2.75) is 45.1 Å². The van der Waals surface area contributed by atoms with E-state index >= 15 is 0 Å².